The first kappa shape index (κ1) is 18.5. The fourth-order valence-corrected chi connectivity index (χ4v) is 2.82. The highest BCUT2D eigenvalue weighted by molar-refractivity contribution is 5.81. The van der Waals surface area contributed by atoms with Crippen molar-refractivity contribution in [2.75, 3.05) is 14.2 Å². The number of hydrogen-bond acceptors (Lipinski definition) is 6. The monoisotopic (exact) mass is 368 g/mol. The SMILES string of the molecule is COc1ccc(CC(=O)OCc2cc(=O)oc3cc(C)ccc23)cc1OC. The van der Waals surface area contributed by atoms with Gasteiger partial charge in [0.05, 0.1) is 20.6 Å². The molecule has 0 bridgehead atoms. The van der Waals surface area contributed by atoms with Gasteiger partial charge in [0, 0.05) is 17.0 Å². The second-order valence-corrected chi connectivity index (χ2v) is 6.12. The van der Waals surface area contributed by atoms with E-state index in [2.05, 4.69) is 0 Å². The summed E-state index contributed by atoms with van der Waals surface area (Å²) >= 11 is 0. The van der Waals surface area contributed by atoms with Crippen LogP contribution in [0.3, 0.4) is 0 Å². The highest BCUT2D eigenvalue weighted by Gasteiger charge is 2.12. The van der Waals surface area contributed by atoms with Crippen molar-refractivity contribution in [2.24, 2.45) is 0 Å². The van der Waals surface area contributed by atoms with Crippen LogP contribution in [-0.4, -0.2) is 20.2 Å². The second kappa shape index (κ2) is 7.95. The van der Waals surface area contributed by atoms with Crippen molar-refractivity contribution in [2.45, 2.75) is 20.0 Å². The predicted octanol–water partition coefficient (Wildman–Crippen LogP) is 3.40. The Balaban J connectivity index is 1.73. The van der Waals surface area contributed by atoms with Gasteiger partial charge in [-0.25, -0.2) is 4.79 Å². The van der Waals surface area contributed by atoms with E-state index in [0.29, 0.717) is 22.6 Å². The lowest BCUT2D eigenvalue weighted by Crippen LogP contribution is -2.10. The summed E-state index contributed by atoms with van der Waals surface area (Å²) < 4.78 is 21.0. The third-order valence-corrected chi connectivity index (χ3v) is 4.17. The average Bonchev–Trinajstić information content (AvgIpc) is 2.65. The third-order valence-electron chi connectivity index (χ3n) is 4.17. The van der Waals surface area contributed by atoms with E-state index in [1.807, 2.05) is 19.1 Å². The number of methoxy groups -OCH3 is 2. The highest BCUT2D eigenvalue weighted by atomic mass is 16.5. The number of carbonyl (C=O) groups excluding carboxylic acids is 1. The van der Waals surface area contributed by atoms with Crippen LogP contribution in [0.25, 0.3) is 11.0 Å². The zero-order valence-electron chi connectivity index (χ0n) is 15.4. The van der Waals surface area contributed by atoms with Gasteiger partial charge in [0.2, 0.25) is 0 Å². The van der Waals surface area contributed by atoms with Crippen LogP contribution in [0, 0.1) is 6.92 Å². The molecule has 2 aromatic carbocycles. The molecule has 140 valence electrons. The van der Waals surface area contributed by atoms with Gasteiger partial charge >= 0.3 is 11.6 Å². The molecule has 0 saturated heterocycles. The normalized spacial score (nSPS) is 10.6. The van der Waals surface area contributed by atoms with E-state index < -0.39 is 11.6 Å². The number of hydrogen-bond donors (Lipinski definition) is 0. The summed E-state index contributed by atoms with van der Waals surface area (Å²) in [5, 5.41) is 0.749. The molecule has 0 saturated carbocycles. The molecule has 1 aromatic heterocycles. The standard InChI is InChI=1S/C21H20O6/c1-13-4-6-16-15(11-21(23)27-18(16)8-13)12-26-20(22)10-14-5-7-17(24-2)19(9-14)25-3/h4-9,11H,10,12H2,1-3H3. The molecule has 0 atom stereocenters. The van der Waals surface area contributed by atoms with E-state index in [-0.39, 0.29) is 13.0 Å². The van der Waals surface area contributed by atoms with Crippen molar-refractivity contribution in [1.29, 1.82) is 0 Å². The fourth-order valence-electron chi connectivity index (χ4n) is 2.82. The Bertz CT molecular complexity index is 1030. The summed E-state index contributed by atoms with van der Waals surface area (Å²) in [4.78, 5) is 24.0. The Morgan fingerprint density at radius 1 is 1.00 bits per heavy atom. The molecule has 0 fully saturated rings. The maximum Gasteiger partial charge on any atom is 0.336 e. The summed E-state index contributed by atoms with van der Waals surface area (Å²) in [6, 6.07) is 12.1. The van der Waals surface area contributed by atoms with Crippen LogP contribution < -0.4 is 15.1 Å². The molecule has 1 heterocycles. The first-order chi connectivity index (χ1) is 13.0. The zero-order chi connectivity index (χ0) is 19.4. The van der Waals surface area contributed by atoms with Crippen molar-refractivity contribution >= 4 is 16.9 Å². The number of ether oxygens (including phenoxy) is 3. The number of esters is 1. The minimum Gasteiger partial charge on any atom is -0.493 e. The minimum absolute atomic E-state index is 0.00269. The van der Waals surface area contributed by atoms with Crippen LogP contribution in [0.15, 0.2) is 51.7 Å². The van der Waals surface area contributed by atoms with Crippen molar-refractivity contribution in [3.8, 4) is 11.5 Å². The summed E-state index contributed by atoms with van der Waals surface area (Å²) in [5.74, 6) is 0.730. The van der Waals surface area contributed by atoms with Crippen molar-refractivity contribution < 1.29 is 23.4 Å². The van der Waals surface area contributed by atoms with Crippen LogP contribution in [0.5, 0.6) is 11.5 Å². The molecule has 0 N–H and O–H groups in total. The molecule has 6 nitrogen and oxygen atoms in total. The van der Waals surface area contributed by atoms with Gasteiger partial charge in [-0.05, 0) is 36.2 Å². The lowest BCUT2D eigenvalue weighted by Gasteiger charge is -2.10. The van der Waals surface area contributed by atoms with E-state index in [4.69, 9.17) is 18.6 Å². The van der Waals surface area contributed by atoms with Crippen molar-refractivity contribution in [3.05, 3.63) is 69.6 Å². The Labute approximate surface area is 156 Å². The minimum atomic E-state index is -0.473. The Morgan fingerprint density at radius 3 is 2.52 bits per heavy atom. The number of aryl methyl sites for hydroxylation is 1. The Hall–Kier alpha value is -3.28. The molecular formula is C21H20O6. The largest absolute Gasteiger partial charge is 0.493 e. The average molecular weight is 368 g/mol. The molecule has 0 aliphatic rings. The van der Waals surface area contributed by atoms with E-state index >= 15 is 0 Å². The molecule has 27 heavy (non-hydrogen) atoms. The molecule has 0 aliphatic carbocycles. The van der Waals surface area contributed by atoms with E-state index in [1.54, 1.807) is 31.4 Å². The lowest BCUT2D eigenvalue weighted by atomic mass is 10.1. The van der Waals surface area contributed by atoms with Crippen molar-refractivity contribution in [1.82, 2.24) is 0 Å². The lowest BCUT2D eigenvalue weighted by molar-refractivity contribution is -0.144. The summed E-state index contributed by atoms with van der Waals surface area (Å²) in [6.45, 7) is 1.91. The van der Waals surface area contributed by atoms with Crippen molar-refractivity contribution in [3.63, 3.8) is 0 Å². The number of fused-ring (bicyclic) bond motifs is 1. The molecule has 3 rings (SSSR count). The van der Waals surface area contributed by atoms with Gasteiger partial charge in [-0.3, -0.25) is 4.79 Å². The third kappa shape index (κ3) is 4.28. The zero-order valence-corrected chi connectivity index (χ0v) is 15.4. The van der Waals surface area contributed by atoms with Gasteiger partial charge < -0.3 is 18.6 Å². The molecule has 6 heteroatoms. The van der Waals surface area contributed by atoms with Gasteiger partial charge in [0.25, 0.3) is 0 Å². The van der Waals surface area contributed by atoms with Crippen LogP contribution in [0.2, 0.25) is 0 Å². The van der Waals surface area contributed by atoms with Crippen LogP contribution >= 0.6 is 0 Å². The summed E-state index contributed by atoms with van der Waals surface area (Å²) in [6.07, 6.45) is 0.0822. The smallest absolute Gasteiger partial charge is 0.336 e. The number of carbonyl (C=O) groups is 1. The first-order valence-electron chi connectivity index (χ1n) is 8.40. The summed E-state index contributed by atoms with van der Waals surface area (Å²) in [7, 11) is 3.09. The Morgan fingerprint density at radius 2 is 1.78 bits per heavy atom. The fraction of sp³-hybridized carbons (Fsp3) is 0.238. The number of rotatable bonds is 6. The van der Waals surface area contributed by atoms with Gasteiger partial charge in [-0.2, -0.15) is 0 Å². The molecular weight excluding hydrogens is 348 g/mol. The second-order valence-electron chi connectivity index (χ2n) is 6.12. The van der Waals surface area contributed by atoms with E-state index in [1.165, 1.54) is 13.2 Å². The van der Waals surface area contributed by atoms with Gasteiger partial charge in [-0.1, -0.05) is 18.2 Å². The Kier molecular flexibility index (Phi) is 5.45. The van der Waals surface area contributed by atoms with E-state index in [0.717, 1.165) is 16.5 Å². The molecule has 0 unspecified atom stereocenters. The van der Waals surface area contributed by atoms with Gasteiger partial charge in [0.1, 0.15) is 12.2 Å². The van der Waals surface area contributed by atoms with Gasteiger partial charge in [0.15, 0.2) is 11.5 Å². The number of benzene rings is 2. The van der Waals surface area contributed by atoms with Gasteiger partial charge in [-0.15, -0.1) is 0 Å². The molecule has 0 spiro atoms. The molecule has 3 aromatic rings. The first-order valence-corrected chi connectivity index (χ1v) is 8.40. The summed E-state index contributed by atoms with van der Waals surface area (Å²) in [5.41, 5.74) is 2.34. The molecule has 0 aliphatic heterocycles. The maximum atomic E-state index is 12.2. The quantitative estimate of drug-likeness (QED) is 0.490. The maximum absolute atomic E-state index is 12.2. The molecule has 0 radical (unpaired) electrons. The van der Waals surface area contributed by atoms with Crippen LogP contribution in [0.4, 0.5) is 0 Å². The predicted molar refractivity (Wildman–Crippen MR) is 100 cm³/mol. The highest BCUT2D eigenvalue weighted by Crippen LogP contribution is 2.28. The topological polar surface area (TPSA) is 75.0 Å². The van der Waals surface area contributed by atoms with Crippen LogP contribution in [-0.2, 0) is 22.6 Å². The molecule has 0 amide bonds. The van der Waals surface area contributed by atoms with Crippen LogP contribution in [0.1, 0.15) is 16.7 Å². The van der Waals surface area contributed by atoms with E-state index in [9.17, 15) is 9.59 Å².